The highest BCUT2D eigenvalue weighted by atomic mass is 16.5. The first kappa shape index (κ1) is 13.9. The van der Waals surface area contributed by atoms with Gasteiger partial charge in [0.05, 0.1) is 25.5 Å². The average Bonchev–Trinajstić information content (AvgIpc) is 2.53. The summed E-state index contributed by atoms with van der Waals surface area (Å²) in [7, 11) is 2.85. The van der Waals surface area contributed by atoms with E-state index in [0.717, 1.165) is 5.69 Å². The van der Waals surface area contributed by atoms with Crippen LogP contribution in [0.25, 0.3) is 0 Å². The normalized spacial score (nSPS) is 9.90. The first-order valence-corrected chi connectivity index (χ1v) is 6.03. The molecule has 0 saturated carbocycles. The van der Waals surface area contributed by atoms with Crippen molar-refractivity contribution in [3.05, 3.63) is 53.9 Å². The van der Waals surface area contributed by atoms with Crippen LogP contribution in [0.1, 0.15) is 16.1 Å². The van der Waals surface area contributed by atoms with Crippen LogP contribution in [-0.2, 0) is 11.3 Å². The van der Waals surface area contributed by atoms with Crippen LogP contribution in [-0.4, -0.2) is 25.2 Å². The maximum absolute atomic E-state index is 11.4. The van der Waals surface area contributed by atoms with Gasteiger partial charge in [0, 0.05) is 6.20 Å². The number of rotatable bonds is 5. The van der Waals surface area contributed by atoms with E-state index in [-0.39, 0.29) is 0 Å². The van der Waals surface area contributed by atoms with Gasteiger partial charge < -0.3 is 14.2 Å². The summed E-state index contributed by atoms with van der Waals surface area (Å²) in [6, 6.07) is 10.5. The summed E-state index contributed by atoms with van der Waals surface area (Å²) < 4.78 is 15.5. The minimum absolute atomic E-state index is 0.328. The number of aromatic nitrogens is 1. The third-order valence-electron chi connectivity index (χ3n) is 2.69. The van der Waals surface area contributed by atoms with Gasteiger partial charge in [0.1, 0.15) is 6.61 Å². The summed E-state index contributed by atoms with van der Waals surface area (Å²) >= 11 is 0. The number of methoxy groups -OCH3 is 2. The van der Waals surface area contributed by atoms with Crippen molar-refractivity contribution in [1.29, 1.82) is 0 Å². The fraction of sp³-hybridized carbons (Fsp3) is 0.200. The van der Waals surface area contributed by atoms with Gasteiger partial charge in [0.25, 0.3) is 0 Å². The molecule has 0 aliphatic carbocycles. The van der Waals surface area contributed by atoms with Crippen LogP contribution < -0.4 is 9.47 Å². The molecule has 1 aromatic heterocycles. The lowest BCUT2D eigenvalue weighted by Gasteiger charge is -2.11. The van der Waals surface area contributed by atoms with Crippen LogP contribution in [0.3, 0.4) is 0 Å². The van der Waals surface area contributed by atoms with E-state index < -0.39 is 5.97 Å². The lowest BCUT2D eigenvalue weighted by atomic mass is 10.2. The van der Waals surface area contributed by atoms with Gasteiger partial charge in [-0.25, -0.2) is 4.79 Å². The summed E-state index contributed by atoms with van der Waals surface area (Å²) in [5.41, 5.74) is 1.22. The third kappa shape index (κ3) is 3.26. The van der Waals surface area contributed by atoms with E-state index in [2.05, 4.69) is 9.72 Å². The Bertz CT molecular complexity index is 584. The van der Waals surface area contributed by atoms with Gasteiger partial charge in [-0.3, -0.25) is 4.98 Å². The molecule has 5 heteroatoms. The molecular weight excluding hydrogens is 258 g/mol. The molecule has 0 aliphatic rings. The second-order valence-electron chi connectivity index (χ2n) is 3.97. The molecule has 0 spiro atoms. The first-order valence-electron chi connectivity index (χ1n) is 6.03. The first-order chi connectivity index (χ1) is 9.74. The van der Waals surface area contributed by atoms with Crippen LogP contribution in [0.5, 0.6) is 11.5 Å². The van der Waals surface area contributed by atoms with E-state index in [4.69, 9.17) is 9.47 Å². The zero-order chi connectivity index (χ0) is 14.4. The molecule has 0 fully saturated rings. The van der Waals surface area contributed by atoms with Crippen LogP contribution >= 0.6 is 0 Å². The predicted octanol–water partition coefficient (Wildman–Crippen LogP) is 2.46. The number of hydrogen-bond donors (Lipinski definition) is 0. The lowest BCUT2D eigenvalue weighted by molar-refractivity contribution is 0.0600. The highest BCUT2D eigenvalue weighted by molar-refractivity contribution is 5.90. The molecule has 0 aliphatic heterocycles. The molecule has 20 heavy (non-hydrogen) atoms. The number of ether oxygens (including phenoxy) is 3. The SMILES string of the molecule is COC(=O)c1ccc(OCc2ccccn2)c(OC)c1. The Hall–Kier alpha value is -2.56. The standard InChI is InChI=1S/C15H15NO4/c1-18-14-9-11(15(17)19-2)6-7-13(14)20-10-12-5-3-4-8-16-12/h3-9H,10H2,1-2H3. The van der Waals surface area contributed by atoms with Crippen molar-refractivity contribution in [1.82, 2.24) is 4.98 Å². The molecule has 0 atom stereocenters. The minimum atomic E-state index is -0.417. The number of hydrogen-bond acceptors (Lipinski definition) is 5. The van der Waals surface area contributed by atoms with E-state index in [0.29, 0.717) is 23.7 Å². The van der Waals surface area contributed by atoms with Crippen LogP contribution in [0.15, 0.2) is 42.6 Å². The number of carbonyl (C=O) groups excluding carboxylic acids is 1. The van der Waals surface area contributed by atoms with Crippen molar-refractivity contribution >= 4 is 5.97 Å². The Kier molecular flexibility index (Phi) is 4.55. The molecule has 0 amide bonds. The molecule has 0 unspecified atom stereocenters. The van der Waals surface area contributed by atoms with E-state index in [1.807, 2.05) is 18.2 Å². The topological polar surface area (TPSA) is 57.7 Å². The van der Waals surface area contributed by atoms with Crippen LogP contribution in [0.4, 0.5) is 0 Å². The highest BCUT2D eigenvalue weighted by Gasteiger charge is 2.11. The summed E-state index contributed by atoms with van der Waals surface area (Å²) in [6.45, 7) is 0.328. The largest absolute Gasteiger partial charge is 0.493 e. The van der Waals surface area contributed by atoms with E-state index in [9.17, 15) is 4.79 Å². The second kappa shape index (κ2) is 6.56. The maximum Gasteiger partial charge on any atom is 0.337 e. The van der Waals surface area contributed by atoms with Gasteiger partial charge in [0.2, 0.25) is 0 Å². The molecule has 2 aromatic rings. The fourth-order valence-electron chi connectivity index (χ4n) is 1.67. The predicted molar refractivity (Wildman–Crippen MR) is 72.9 cm³/mol. The Balaban J connectivity index is 2.13. The van der Waals surface area contributed by atoms with E-state index >= 15 is 0 Å². The van der Waals surface area contributed by atoms with Crippen molar-refractivity contribution < 1.29 is 19.0 Å². The van der Waals surface area contributed by atoms with Crippen molar-refractivity contribution in [2.24, 2.45) is 0 Å². The van der Waals surface area contributed by atoms with Gasteiger partial charge in [-0.2, -0.15) is 0 Å². The molecule has 104 valence electrons. The van der Waals surface area contributed by atoms with Gasteiger partial charge in [-0.05, 0) is 30.3 Å². The van der Waals surface area contributed by atoms with E-state index in [1.165, 1.54) is 14.2 Å². The molecule has 0 radical (unpaired) electrons. The van der Waals surface area contributed by atoms with Crippen molar-refractivity contribution in [2.45, 2.75) is 6.61 Å². The summed E-state index contributed by atoms with van der Waals surface area (Å²) in [5, 5.41) is 0. The Morgan fingerprint density at radius 3 is 2.65 bits per heavy atom. The number of nitrogens with zero attached hydrogens (tertiary/aromatic N) is 1. The number of carbonyl (C=O) groups is 1. The van der Waals surface area contributed by atoms with Crippen molar-refractivity contribution in [3.8, 4) is 11.5 Å². The van der Waals surface area contributed by atoms with Crippen LogP contribution in [0.2, 0.25) is 0 Å². The minimum Gasteiger partial charge on any atom is -0.493 e. The summed E-state index contributed by atoms with van der Waals surface area (Å²) in [5.74, 6) is 0.606. The zero-order valence-corrected chi connectivity index (χ0v) is 11.3. The average molecular weight is 273 g/mol. The second-order valence-corrected chi connectivity index (χ2v) is 3.97. The molecule has 5 nitrogen and oxygen atoms in total. The Labute approximate surface area is 117 Å². The molecule has 2 rings (SSSR count). The van der Waals surface area contributed by atoms with Gasteiger partial charge >= 0.3 is 5.97 Å². The van der Waals surface area contributed by atoms with Gasteiger partial charge in [-0.15, -0.1) is 0 Å². The molecule has 0 N–H and O–H groups in total. The smallest absolute Gasteiger partial charge is 0.337 e. The Morgan fingerprint density at radius 2 is 2.00 bits per heavy atom. The highest BCUT2D eigenvalue weighted by Crippen LogP contribution is 2.28. The van der Waals surface area contributed by atoms with Crippen molar-refractivity contribution in [3.63, 3.8) is 0 Å². The van der Waals surface area contributed by atoms with Crippen molar-refractivity contribution in [2.75, 3.05) is 14.2 Å². The monoisotopic (exact) mass is 273 g/mol. The third-order valence-corrected chi connectivity index (χ3v) is 2.69. The van der Waals surface area contributed by atoms with Gasteiger partial charge in [-0.1, -0.05) is 6.07 Å². The Morgan fingerprint density at radius 1 is 1.15 bits per heavy atom. The number of esters is 1. The molecule has 1 aromatic carbocycles. The molecule has 0 saturated heterocycles. The summed E-state index contributed by atoms with van der Waals surface area (Å²) in [4.78, 5) is 15.6. The summed E-state index contributed by atoms with van der Waals surface area (Å²) in [6.07, 6.45) is 1.70. The fourth-order valence-corrected chi connectivity index (χ4v) is 1.67. The molecule has 0 bridgehead atoms. The van der Waals surface area contributed by atoms with Gasteiger partial charge in [0.15, 0.2) is 11.5 Å². The van der Waals surface area contributed by atoms with E-state index in [1.54, 1.807) is 24.4 Å². The zero-order valence-electron chi connectivity index (χ0n) is 11.3. The quantitative estimate of drug-likeness (QED) is 0.783. The lowest BCUT2D eigenvalue weighted by Crippen LogP contribution is -2.03. The molecular formula is C15H15NO4. The number of pyridine rings is 1. The van der Waals surface area contributed by atoms with Crippen LogP contribution in [0, 0.1) is 0 Å². The maximum atomic E-state index is 11.4. The molecule has 1 heterocycles. The number of benzene rings is 1.